The van der Waals surface area contributed by atoms with Crippen LogP contribution in [0.25, 0.3) is 22.0 Å². The van der Waals surface area contributed by atoms with Gasteiger partial charge in [0, 0.05) is 41.4 Å². The maximum absolute atomic E-state index is 5.94. The fourth-order valence-electron chi connectivity index (χ4n) is 2.68. The monoisotopic (exact) mass is 251 g/mol. The van der Waals surface area contributed by atoms with E-state index < -0.39 is 0 Å². The second kappa shape index (κ2) is 4.44. The third kappa shape index (κ3) is 1.79. The summed E-state index contributed by atoms with van der Waals surface area (Å²) < 4.78 is 2.15. The van der Waals surface area contributed by atoms with Gasteiger partial charge in [0.2, 0.25) is 0 Å². The molecule has 96 valence electrons. The average Bonchev–Trinajstić information content (AvgIpc) is 2.71. The molecular formula is C16H17N3. The lowest BCUT2D eigenvalue weighted by molar-refractivity contribution is 0.851. The van der Waals surface area contributed by atoms with Gasteiger partial charge in [0.05, 0.1) is 0 Å². The molecule has 0 aliphatic rings. The summed E-state index contributed by atoms with van der Waals surface area (Å²) in [5.41, 5.74) is 17.3. The van der Waals surface area contributed by atoms with Crippen LogP contribution < -0.4 is 11.5 Å². The molecule has 3 aromatic rings. The van der Waals surface area contributed by atoms with E-state index in [1.165, 1.54) is 11.1 Å². The van der Waals surface area contributed by atoms with Crippen molar-refractivity contribution in [1.82, 2.24) is 4.57 Å². The lowest BCUT2D eigenvalue weighted by Gasteiger charge is -2.05. The topological polar surface area (TPSA) is 57.0 Å². The smallest absolute Gasteiger partial charge is 0.0488 e. The summed E-state index contributed by atoms with van der Waals surface area (Å²) >= 11 is 0. The van der Waals surface area contributed by atoms with Gasteiger partial charge in [0.25, 0.3) is 0 Å². The summed E-state index contributed by atoms with van der Waals surface area (Å²) in [6.07, 6.45) is 0. The molecule has 3 heteroatoms. The second-order valence-electron chi connectivity index (χ2n) is 4.73. The van der Waals surface area contributed by atoms with Gasteiger partial charge < -0.3 is 16.0 Å². The van der Waals surface area contributed by atoms with E-state index in [9.17, 15) is 0 Å². The Bertz CT molecular complexity index is 727. The van der Waals surface area contributed by atoms with E-state index in [0.29, 0.717) is 6.54 Å². The third-order valence-electron chi connectivity index (χ3n) is 3.60. The molecule has 2 aromatic carbocycles. The minimum atomic E-state index is 0.509. The van der Waals surface area contributed by atoms with Crippen LogP contribution in [0.5, 0.6) is 0 Å². The predicted octanol–water partition coefficient (Wildman–Crippen LogP) is 2.89. The second-order valence-corrected chi connectivity index (χ2v) is 4.73. The van der Waals surface area contributed by atoms with Crippen LogP contribution in [-0.4, -0.2) is 4.57 Å². The van der Waals surface area contributed by atoms with Crippen LogP contribution in [0.1, 0.15) is 5.69 Å². The minimum Gasteiger partial charge on any atom is -0.399 e. The van der Waals surface area contributed by atoms with Crippen LogP contribution in [0, 0.1) is 0 Å². The Labute approximate surface area is 112 Å². The molecule has 0 unspecified atom stereocenters. The van der Waals surface area contributed by atoms with Crippen LogP contribution in [0.4, 0.5) is 5.69 Å². The first-order valence-electron chi connectivity index (χ1n) is 6.34. The van der Waals surface area contributed by atoms with Gasteiger partial charge in [-0.2, -0.15) is 0 Å². The lowest BCUT2D eigenvalue weighted by atomic mass is 10.0. The maximum atomic E-state index is 5.94. The molecule has 0 aliphatic heterocycles. The Hall–Kier alpha value is -2.26. The van der Waals surface area contributed by atoms with Gasteiger partial charge in [0.15, 0.2) is 0 Å². The summed E-state index contributed by atoms with van der Waals surface area (Å²) in [7, 11) is 2.05. The maximum Gasteiger partial charge on any atom is 0.0488 e. The van der Waals surface area contributed by atoms with Crippen molar-refractivity contribution in [1.29, 1.82) is 0 Å². The molecule has 0 amide bonds. The predicted molar refractivity (Wildman–Crippen MR) is 80.7 cm³/mol. The van der Waals surface area contributed by atoms with Gasteiger partial charge in [-0.1, -0.05) is 30.3 Å². The van der Waals surface area contributed by atoms with E-state index in [0.717, 1.165) is 22.3 Å². The van der Waals surface area contributed by atoms with Crippen molar-refractivity contribution in [2.24, 2.45) is 12.8 Å². The normalized spacial score (nSPS) is 11.1. The SMILES string of the molecule is Cn1c(CN)c(-c2ccccc2)c2cc(N)ccc21. The number of nitrogen functional groups attached to an aromatic ring is 1. The standard InChI is InChI=1S/C16H17N3/c1-19-14-8-7-12(18)9-13(14)16(15(19)10-17)11-5-3-2-4-6-11/h2-9H,10,17-18H2,1H3. The fraction of sp³-hybridized carbons (Fsp3) is 0.125. The lowest BCUT2D eigenvalue weighted by Crippen LogP contribution is -2.04. The van der Waals surface area contributed by atoms with E-state index in [-0.39, 0.29) is 0 Å². The molecule has 0 fully saturated rings. The van der Waals surface area contributed by atoms with Crippen molar-refractivity contribution in [3.8, 4) is 11.1 Å². The van der Waals surface area contributed by atoms with Crippen LogP contribution >= 0.6 is 0 Å². The van der Waals surface area contributed by atoms with E-state index in [2.05, 4.69) is 22.8 Å². The van der Waals surface area contributed by atoms with Crippen molar-refractivity contribution >= 4 is 16.6 Å². The number of nitrogens with two attached hydrogens (primary N) is 2. The van der Waals surface area contributed by atoms with E-state index in [4.69, 9.17) is 11.5 Å². The number of hydrogen-bond donors (Lipinski definition) is 2. The molecule has 0 saturated heterocycles. The molecule has 0 aliphatic carbocycles. The van der Waals surface area contributed by atoms with Gasteiger partial charge in [-0.3, -0.25) is 0 Å². The zero-order valence-corrected chi connectivity index (χ0v) is 10.9. The molecule has 19 heavy (non-hydrogen) atoms. The number of rotatable bonds is 2. The number of nitrogens with zero attached hydrogens (tertiary/aromatic N) is 1. The van der Waals surface area contributed by atoms with Crippen molar-refractivity contribution in [2.75, 3.05) is 5.73 Å². The van der Waals surface area contributed by atoms with Crippen molar-refractivity contribution in [3.05, 3.63) is 54.2 Å². The zero-order valence-electron chi connectivity index (χ0n) is 10.9. The Morgan fingerprint density at radius 2 is 1.79 bits per heavy atom. The molecule has 0 spiro atoms. The number of fused-ring (bicyclic) bond motifs is 1. The van der Waals surface area contributed by atoms with Gasteiger partial charge in [0.1, 0.15) is 0 Å². The summed E-state index contributed by atoms with van der Waals surface area (Å²) in [6, 6.07) is 16.3. The summed E-state index contributed by atoms with van der Waals surface area (Å²) in [5.74, 6) is 0. The zero-order chi connectivity index (χ0) is 13.4. The highest BCUT2D eigenvalue weighted by atomic mass is 15.0. The Morgan fingerprint density at radius 3 is 2.47 bits per heavy atom. The van der Waals surface area contributed by atoms with E-state index in [1.54, 1.807) is 0 Å². The van der Waals surface area contributed by atoms with Crippen molar-refractivity contribution < 1.29 is 0 Å². The van der Waals surface area contributed by atoms with Crippen LogP contribution in [0.2, 0.25) is 0 Å². The largest absolute Gasteiger partial charge is 0.399 e. The summed E-state index contributed by atoms with van der Waals surface area (Å²) in [6.45, 7) is 0.509. The van der Waals surface area contributed by atoms with E-state index in [1.807, 2.05) is 37.4 Å². The average molecular weight is 251 g/mol. The number of aromatic nitrogens is 1. The third-order valence-corrected chi connectivity index (χ3v) is 3.60. The summed E-state index contributed by atoms with van der Waals surface area (Å²) in [5, 5.41) is 1.16. The van der Waals surface area contributed by atoms with Gasteiger partial charge in [-0.15, -0.1) is 0 Å². The Kier molecular flexibility index (Phi) is 2.76. The number of aryl methyl sites for hydroxylation is 1. The van der Waals surface area contributed by atoms with Crippen molar-refractivity contribution in [3.63, 3.8) is 0 Å². The highest BCUT2D eigenvalue weighted by molar-refractivity contribution is 5.99. The van der Waals surface area contributed by atoms with Gasteiger partial charge in [-0.05, 0) is 23.8 Å². The quantitative estimate of drug-likeness (QED) is 0.688. The first-order chi connectivity index (χ1) is 9.22. The van der Waals surface area contributed by atoms with Crippen molar-refractivity contribution in [2.45, 2.75) is 6.54 Å². The van der Waals surface area contributed by atoms with Crippen LogP contribution in [-0.2, 0) is 13.6 Å². The molecule has 0 saturated carbocycles. The number of hydrogen-bond acceptors (Lipinski definition) is 2. The first-order valence-corrected chi connectivity index (χ1v) is 6.34. The highest BCUT2D eigenvalue weighted by Gasteiger charge is 2.15. The summed E-state index contributed by atoms with van der Waals surface area (Å²) in [4.78, 5) is 0. The fourth-order valence-corrected chi connectivity index (χ4v) is 2.68. The minimum absolute atomic E-state index is 0.509. The Balaban J connectivity index is 2.42. The van der Waals surface area contributed by atoms with E-state index >= 15 is 0 Å². The number of benzene rings is 2. The van der Waals surface area contributed by atoms with Gasteiger partial charge in [-0.25, -0.2) is 0 Å². The molecule has 3 rings (SSSR count). The molecule has 0 bridgehead atoms. The molecule has 1 heterocycles. The molecule has 0 radical (unpaired) electrons. The molecule has 4 N–H and O–H groups in total. The molecule has 1 aromatic heterocycles. The first kappa shape index (κ1) is 11.8. The number of anilines is 1. The molecule has 3 nitrogen and oxygen atoms in total. The molecular weight excluding hydrogens is 234 g/mol. The van der Waals surface area contributed by atoms with Crippen LogP contribution in [0.3, 0.4) is 0 Å². The Morgan fingerprint density at radius 1 is 1.05 bits per heavy atom. The van der Waals surface area contributed by atoms with Gasteiger partial charge >= 0.3 is 0 Å². The van der Waals surface area contributed by atoms with Crippen LogP contribution in [0.15, 0.2) is 48.5 Å². The highest BCUT2D eigenvalue weighted by Crippen LogP contribution is 2.35. The molecule has 0 atom stereocenters.